The van der Waals surface area contributed by atoms with E-state index in [1.54, 1.807) is 24.3 Å². The highest BCUT2D eigenvalue weighted by Gasteiger charge is 2.32. The molecule has 2 aromatic rings. The molecule has 3 rings (SSSR count). The van der Waals surface area contributed by atoms with E-state index in [4.69, 9.17) is 11.6 Å². The molecule has 2 aromatic carbocycles. The lowest BCUT2D eigenvalue weighted by Gasteiger charge is -2.32. The summed E-state index contributed by atoms with van der Waals surface area (Å²) in [5.41, 5.74) is 1.72. The molecule has 0 aliphatic carbocycles. The predicted octanol–water partition coefficient (Wildman–Crippen LogP) is 3.76. The lowest BCUT2D eigenvalue weighted by molar-refractivity contribution is -0.126. The van der Waals surface area contributed by atoms with Crippen LogP contribution in [0.3, 0.4) is 0 Å². The number of rotatable bonds is 6. The van der Waals surface area contributed by atoms with Gasteiger partial charge in [-0.2, -0.15) is 0 Å². The van der Waals surface area contributed by atoms with E-state index in [1.165, 1.54) is 4.31 Å². The van der Waals surface area contributed by atoms with Gasteiger partial charge in [-0.05, 0) is 43.0 Å². The number of nitrogens with zero attached hydrogens (tertiary/aromatic N) is 1. The van der Waals surface area contributed by atoms with Crippen molar-refractivity contribution in [3.8, 4) is 0 Å². The van der Waals surface area contributed by atoms with Crippen LogP contribution in [0.25, 0.3) is 0 Å². The molecule has 0 unspecified atom stereocenters. The summed E-state index contributed by atoms with van der Waals surface area (Å²) >= 11 is 5.87. The van der Waals surface area contributed by atoms with Gasteiger partial charge >= 0.3 is 0 Å². The van der Waals surface area contributed by atoms with E-state index in [2.05, 4.69) is 5.32 Å². The number of hydrogen-bond donors (Lipinski definition) is 1. The van der Waals surface area contributed by atoms with Gasteiger partial charge in [-0.25, -0.2) is 12.7 Å². The summed E-state index contributed by atoms with van der Waals surface area (Å²) in [6.45, 7) is 2.61. The minimum Gasteiger partial charge on any atom is -0.349 e. The third kappa shape index (κ3) is 5.34. The van der Waals surface area contributed by atoms with Gasteiger partial charge in [0.1, 0.15) is 0 Å². The second-order valence-electron chi connectivity index (χ2n) is 7.22. The van der Waals surface area contributed by atoms with Crippen molar-refractivity contribution in [1.82, 2.24) is 9.62 Å². The summed E-state index contributed by atoms with van der Waals surface area (Å²) < 4.78 is 27.1. The molecule has 1 heterocycles. The van der Waals surface area contributed by atoms with Crippen molar-refractivity contribution in [2.75, 3.05) is 13.1 Å². The van der Waals surface area contributed by atoms with Crippen LogP contribution in [0.2, 0.25) is 5.02 Å². The average Bonchev–Trinajstić information content (AvgIpc) is 2.70. The molecule has 1 aliphatic rings. The Morgan fingerprint density at radius 2 is 1.86 bits per heavy atom. The predicted molar refractivity (Wildman–Crippen MR) is 111 cm³/mol. The van der Waals surface area contributed by atoms with Gasteiger partial charge in [0.25, 0.3) is 0 Å². The Hall–Kier alpha value is -1.89. The van der Waals surface area contributed by atoms with Gasteiger partial charge in [0.05, 0.1) is 17.7 Å². The molecule has 0 radical (unpaired) electrons. The number of benzene rings is 2. The lowest BCUT2D eigenvalue weighted by atomic mass is 9.98. The monoisotopic (exact) mass is 420 g/mol. The standard InChI is InChI=1S/C21H25ClN2O3S/c1-16(18-6-3-2-4-7-18)23-21(25)19-8-5-13-24(14-19)28(26,27)15-17-9-11-20(22)12-10-17/h2-4,6-7,9-12,16,19H,5,8,13-15H2,1H3,(H,23,25)/t16-,19-/m1/s1. The summed E-state index contributed by atoms with van der Waals surface area (Å²) in [6, 6.07) is 16.4. The van der Waals surface area contributed by atoms with E-state index in [9.17, 15) is 13.2 Å². The van der Waals surface area contributed by atoms with Crippen molar-refractivity contribution < 1.29 is 13.2 Å². The molecule has 1 aliphatic heterocycles. The molecule has 28 heavy (non-hydrogen) atoms. The van der Waals surface area contributed by atoms with Crippen LogP contribution in [0.5, 0.6) is 0 Å². The van der Waals surface area contributed by atoms with Crippen LogP contribution in [0.1, 0.15) is 36.9 Å². The molecule has 1 amide bonds. The van der Waals surface area contributed by atoms with Crippen molar-refractivity contribution in [1.29, 1.82) is 0 Å². The van der Waals surface area contributed by atoms with Crippen LogP contribution >= 0.6 is 11.6 Å². The van der Waals surface area contributed by atoms with Crippen molar-refractivity contribution in [3.05, 3.63) is 70.7 Å². The van der Waals surface area contributed by atoms with E-state index >= 15 is 0 Å². The molecule has 5 nitrogen and oxygen atoms in total. The van der Waals surface area contributed by atoms with Crippen LogP contribution in [-0.4, -0.2) is 31.7 Å². The Bertz CT molecular complexity index is 901. The molecule has 0 spiro atoms. The third-order valence-electron chi connectivity index (χ3n) is 5.07. The summed E-state index contributed by atoms with van der Waals surface area (Å²) in [5.74, 6) is -0.512. The first kappa shape index (κ1) is 20.8. The van der Waals surface area contributed by atoms with E-state index in [0.29, 0.717) is 30.0 Å². The van der Waals surface area contributed by atoms with Gasteiger partial charge in [-0.3, -0.25) is 4.79 Å². The highest BCUT2D eigenvalue weighted by Crippen LogP contribution is 2.23. The molecule has 1 saturated heterocycles. The number of nitrogens with one attached hydrogen (secondary N) is 1. The first-order valence-electron chi connectivity index (χ1n) is 9.43. The normalized spacial score (nSPS) is 19.1. The highest BCUT2D eigenvalue weighted by molar-refractivity contribution is 7.88. The molecular weight excluding hydrogens is 396 g/mol. The highest BCUT2D eigenvalue weighted by atomic mass is 35.5. The van der Waals surface area contributed by atoms with Gasteiger partial charge in [-0.15, -0.1) is 0 Å². The first-order chi connectivity index (χ1) is 13.3. The van der Waals surface area contributed by atoms with Crippen molar-refractivity contribution in [2.24, 2.45) is 5.92 Å². The van der Waals surface area contributed by atoms with Crippen LogP contribution in [0.4, 0.5) is 0 Å². The first-order valence-corrected chi connectivity index (χ1v) is 11.4. The molecule has 0 aromatic heterocycles. The van der Waals surface area contributed by atoms with Crippen LogP contribution in [0, 0.1) is 5.92 Å². The van der Waals surface area contributed by atoms with Crippen molar-refractivity contribution >= 4 is 27.5 Å². The number of hydrogen-bond acceptors (Lipinski definition) is 3. The quantitative estimate of drug-likeness (QED) is 0.773. The fourth-order valence-corrected chi connectivity index (χ4v) is 5.18. The van der Waals surface area contributed by atoms with E-state index in [0.717, 1.165) is 5.56 Å². The topological polar surface area (TPSA) is 66.5 Å². The van der Waals surface area contributed by atoms with Crippen LogP contribution in [-0.2, 0) is 20.6 Å². The second kappa shape index (κ2) is 9.07. The molecule has 7 heteroatoms. The molecule has 1 fully saturated rings. The summed E-state index contributed by atoms with van der Waals surface area (Å²) in [4.78, 5) is 12.7. The minimum atomic E-state index is -3.49. The second-order valence-corrected chi connectivity index (χ2v) is 9.63. The maximum atomic E-state index is 12.8. The van der Waals surface area contributed by atoms with E-state index in [1.807, 2.05) is 37.3 Å². The van der Waals surface area contributed by atoms with Gasteiger partial charge in [0.2, 0.25) is 15.9 Å². The number of sulfonamides is 1. The Balaban J connectivity index is 1.62. The fourth-order valence-electron chi connectivity index (χ4n) is 3.45. The summed E-state index contributed by atoms with van der Waals surface area (Å²) in [6.07, 6.45) is 1.37. The fraction of sp³-hybridized carbons (Fsp3) is 0.381. The zero-order valence-corrected chi connectivity index (χ0v) is 17.4. The maximum Gasteiger partial charge on any atom is 0.224 e. The maximum absolute atomic E-state index is 12.8. The zero-order chi connectivity index (χ0) is 20.1. The number of halogens is 1. The molecular formula is C21H25ClN2O3S. The molecule has 150 valence electrons. The van der Waals surface area contributed by atoms with Gasteiger partial charge in [0, 0.05) is 18.1 Å². The number of carbonyl (C=O) groups excluding carboxylic acids is 1. The molecule has 0 bridgehead atoms. The Morgan fingerprint density at radius 3 is 2.54 bits per heavy atom. The Kier molecular flexibility index (Phi) is 6.75. The van der Waals surface area contributed by atoms with Crippen LogP contribution < -0.4 is 5.32 Å². The van der Waals surface area contributed by atoms with Crippen LogP contribution in [0.15, 0.2) is 54.6 Å². The lowest BCUT2D eigenvalue weighted by Crippen LogP contribution is -2.46. The van der Waals surface area contributed by atoms with Gasteiger partial charge in [-0.1, -0.05) is 54.1 Å². The molecule has 0 saturated carbocycles. The summed E-state index contributed by atoms with van der Waals surface area (Å²) in [7, 11) is -3.49. The average molecular weight is 421 g/mol. The SMILES string of the molecule is C[C@@H](NC(=O)[C@@H]1CCCN(S(=O)(=O)Cc2ccc(Cl)cc2)C1)c1ccccc1. The third-order valence-corrected chi connectivity index (χ3v) is 7.14. The smallest absolute Gasteiger partial charge is 0.224 e. The molecule has 1 N–H and O–H groups in total. The van der Waals surface area contributed by atoms with Crippen molar-refractivity contribution in [2.45, 2.75) is 31.6 Å². The van der Waals surface area contributed by atoms with Gasteiger partial charge in [0.15, 0.2) is 0 Å². The Morgan fingerprint density at radius 1 is 1.18 bits per heavy atom. The Labute approximate surface area is 171 Å². The van der Waals surface area contributed by atoms with Gasteiger partial charge < -0.3 is 5.32 Å². The number of carbonyl (C=O) groups is 1. The minimum absolute atomic E-state index is 0.0844. The number of piperidine rings is 1. The van der Waals surface area contributed by atoms with E-state index < -0.39 is 10.0 Å². The molecule has 2 atom stereocenters. The summed E-state index contributed by atoms with van der Waals surface area (Å²) in [5, 5.41) is 3.59. The zero-order valence-electron chi connectivity index (χ0n) is 15.8. The van der Waals surface area contributed by atoms with Crippen molar-refractivity contribution in [3.63, 3.8) is 0 Å². The van der Waals surface area contributed by atoms with E-state index in [-0.39, 0.29) is 30.2 Å². The number of amides is 1. The largest absolute Gasteiger partial charge is 0.349 e.